The number of amides is 4. The first-order valence-electron chi connectivity index (χ1n) is 31.1. The number of methoxy groups -OCH3 is 2. The van der Waals surface area contributed by atoms with Gasteiger partial charge in [0.2, 0.25) is 28.0 Å². The van der Waals surface area contributed by atoms with Gasteiger partial charge in [0, 0.05) is 64.5 Å². The second-order valence-corrected chi connectivity index (χ2v) is 27.9. The zero-order chi connectivity index (χ0) is 72.0. The molecule has 4 aliphatic heterocycles. The number of carbonyl (C=O) groups excluding carboxylic acids is 4. The molecule has 33 nitrogen and oxygen atoms in total. The Morgan fingerprint density at radius 1 is 0.634 bits per heavy atom. The van der Waals surface area contributed by atoms with Gasteiger partial charge in [-0.3, -0.25) is 18.7 Å². The van der Waals surface area contributed by atoms with Crippen molar-refractivity contribution in [3.05, 3.63) is 116 Å². The topological polar surface area (TPSA) is 399 Å². The van der Waals surface area contributed by atoms with Gasteiger partial charge in [0.1, 0.15) is 46.3 Å². The standard InChI is InChI=1S/C63H63N19O14S5/c1-9-77(10-2)46-29-42(44(31-48(46)93-7)73-75-62-68-53(79-18-22-95-23-19-79)50(98-62)26-35(34-64)81-55(83)38-16-14-36(100(87,88)89)27-40(38)57(81)85)66-59-70-60(72-61(71-59)97-13-5)67-43-30-47(78(11-3)12-4)49(94-8)32-45(43)74-76-63-69-54(80-20-24-96-25-21-80)51(99-63)33-52(65-6)82-56(84)39-17-15-37(101(90,91)92)28-41(39)58(82)86/h14-17,26-33H,9-13,18-25H2,1-5,7-8H3,(H,87,88,89)(H,90,91,92)(H2,66,67,70,71,72)/b35-26+,52-33+,75-73+,76-74+. The Hall–Kier alpha value is -10.4. The zero-order valence-electron chi connectivity index (χ0n) is 55.1. The molecule has 4 N–H and O–H groups in total. The van der Waals surface area contributed by atoms with Gasteiger partial charge < -0.3 is 54.0 Å². The molecule has 11 rings (SSSR count). The second kappa shape index (κ2) is 30.6. The van der Waals surface area contributed by atoms with E-state index in [4.69, 9.17) is 60.7 Å². The van der Waals surface area contributed by atoms with E-state index in [0.717, 1.165) is 59.1 Å². The molecule has 4 amide bonds. The van der Waals surface area contributed by atoms with Crippen LogP contribution in [0, 0.1) is 17.9 Å². The first-order valence-corrected chi connectivity index (χ1v) is 36.6. The third kappa shape index (κ3) is 15.2. The molecule has 7 aromatic rings. The summed E-state index contributed by atoms with van der Waals surface area (Å²) < 4.78 is 90.6. The van der Waals surface area contributed by atoms with Crippen LogP contribution in [-0.2, 0) is 29.7 Å². The largest absolute Gasteiger partial charge is 0.494 e. The molecule has 101 heavy (non-hydrogen) atoms. The summed E-state index contributed by atoms with van der Waals surface area (Å²) in [4.78, 5) is 91.5. The molecule has 524 valence electrons. The maximum atomic E-state index is 13.8. The number of hydrogen-bond acceptors (Lipinski definition) is 31. The molecule has 0 saturated carbocycles. The molecule has 4 aliphatic rings. The van der Waals surface area contributed by atoms with Crippen molar-refractivity contribution in [2.45, 2.75) is 49.6 Å². The average molecular weight is 1470 g/mol. The van der Waals surface area contributed by atoms with Crippen molar-refractivity contribution in [2.24, 2.45) is 20.5 Å². The van der Waals surface area contributed by atoms with Crippen LogP contribution in [-0.4, -0.2) is 183 Å². The summed E-state index contributed by atoms with van der Waals surface area (Å²) in [5, 5.41) is 36.5. The van der Waals surface area contributed by atoms with Crippen LogP contribution in [0.5, 0.6) is 11.5 Å². The van der Waals surface area contributed by atoms with E-state index in [1.165, 1.54) is 38.1 Å². The zero-order valence-corrected chi connectivity index (χ0v) is 59.1. The summed E-state index contributed by atoms with van der Waals surface area (Å²) in [5.74, 6) is -1.85. The second-order valence-electron chi connectivity index (χ2n) is 21.9. The molecule has 0 atom stereocenters. The molecule has 0 spiro atoms. The molecule has 0 radical (unpaired) electrons. The van der Waals surface area contributed by atoms with E-state index in [0.29, 0.717) is 155 Å². The number of nitriles is 1. The van der Waals surface area contributed by atoms with Gasteiger partial charge in [-0.2, -0.15) is 51.9 Å². The molecule has 0 unspecified atom stereocenters. The molecule has 2 fully saturated rings. The van der Waals surface area contributed by atoms with E-state index in [1.807, 2.05) is 62.6 Å². The summed E-state index contributed by atoms with van der Waals surface area (Å²) in [6, 6.07) is 14.9. The van der Waals surface area contributed by atoms with Gasteiger partial charge >= 0.3 is 11.8 Å². The number of azo groups is 2. The van der Waals surface area contributed by atoms with Gasteiger partial charge in [-0.1, -0.05) is 47.9 Å². The lowest BCUT2D eigenvalue weighted by atomic mass is 10.1. The molecule has 38 heteroatoms. The predicted octanol–water partition coefficient (Wildman–Crippen LogP) is 10.8. The number of nitrogens with zero attached hydrogens (tertiary/aromatic N) is 17. The number of hydrogen-bond donors (Lipinski definition) is 4. The van der Waals surface area contributed by atoms with E-state index in [1.54, 1.807) is 12.1 Å². The highest BCUT2D eigenvalue weighted by molar-refractivity contribution is 7.99. The number of fused-ring (bicyclic) bond motifs is 2. The van der Waals surface area contributed by atoms with Crippen molar-refractivity contribution < 1.29 is 64.1 Å². The summed E-state index contributed by atoms with van der Waals surface area (Å²) in [5.41, 5.74) is 1.19. The van der Waals surface area contributed by atoms with Gasteiger partial charge in [0.25, 0.3) is 32.1 Å². The van der Waals surface area contributed by atoms with E-state index < -0.39 is 65.2 Å². The third-order valence-corrected chi connectivity index (χ3v) is 20.3. The number of morpholine rings is 2. The van der Waals surface area contributed by atoms with Crippen molar-refractivity contribution in [1.82, 2.24) is 34.7 Å². The number of aromatic nitrogens is 5. The molecule has 0 bridgehead atoms. The van der Waals surface area contributed by atoms with E-state index >= 15 is 0 Å². The average Bonchev–Trinajstić information content (AvgIpc) is 1.61. The smallest absolute Gasteiger partial charge is 0.334 e. The van der Waals surface area contributed by atoms with Crippen LogP contribution < -0.4 is 39.7 Å². The molecule has 4 aromatic carbocycles. The fourth-order valence-electron chi connectivity index (χ4n) is 11.2. The number of thioether (sulfide) groups is 1. The monoisotopic (exact) mass is 1470 g/mol. The molecular formula is C63H63N19O14S5. The highest BCUT2D eigenvalue weighted by atomic mass is 32.2. The first kappa shape index (κ1) is 71.9. The van der Waals surface area contributed by atoms with Crippen LogP contribution in [0.1, 0.15) is 85.8 Å². The van der Waals surface area contributed by atoms with E-state index in [9.17, 15) is 50.4 Å². The maximum absolute atomic E-state index is 13.8. The number of benzene rings is 4. The fraction of sp³-hybridized carbons (Fsp3) is 0.317. The number of imide groups is 2. The third-order valence-electron chi connectivity index (χ3n) is 16.1. The summed E-state index contributed by atoms with van der Waals surface area (Å²) in [7, 11) is -6.44. The van der Waals surface area contributed by atoms with Crippen LogP contribution in [0.3, 0.4) is 0 Å². The number of rotatable bonds is 26. The number of allylic oxidation sites excluding steroid dienone is 1. The van der Waals surface area contributed by atoms with Crippen molar-refractivity contribution >= 4 is 158 Å². The van der Waals surface area contributed by atoms with Crippen LogP contribution >= 0.6 is 34.4 Å². The number of thiazole rings is 2. The Morgan fingerprint density at radius 3 is 1.47 bits per heavy atom. The van der Waals surface area contributed by atoms with Gasteiger partial charge in [0.05, 0.1) is 105 Å². The Morgan fingerprint density at radius 2 is 1.06 bits per heavy atom. The quantitative estimate of drug-likeness (QED) is 0.00977. The number of carbonyl (C=O) groups is 4. The number of anilines is 8. The van der Waals surface area contributed by atoms with E-state index in [-0.39, 0.29) is 55.8 Å². The minimum absolute atomic E-state index is 0.0655. The van der Waals surface area contributed by atoms with Crippen LogP contribution in [0.4, 0.5) is 67.9 Å². The molecule has 3 aromatic heterocycles. The molecule has 0 aliphatic carbocycles. The van der Waals surface area contributed by atoms with Crippen LogP contribution in [0.25, 0.3) is 17.0 Å². The fourth-order valence-corrected chi connectivity index (χ4v) is 14.4. The highest BCUT2D eigenvalue weighted by Gasteiger charge is 2.44. The lowest BCUT2D eigenvalue weighted by molar-refractivity contribution is 0.0695. The van der Waals surface area contributed by atoms with Crippen LogP contribution in [0.15, 0.2) is 108 Å². The Kier molecular flexibility index (Phi) is 21.8. The summed E-state index contributed by atoms with van der Waals surface area (Å²) >= 11 is 3.35. The molecule has 2 saturated heterocycles. The Balaban J connectivity index is 0.957. The number of nitrogens with one attached hydrogen (secondary N) is 2. The minimum Gasteiger partial charge on any atom is -0.494 e. The lowest BCUT2D eigenvalue weighted by Crippen LogP contribution is -2.36. The first-order chi connectivity index (χ1) is 48.5. The van der Waals surface area contributed by atoms with Gasteiger partial charge in [-0.25, -0.2) is 14.5 Å². The van der Waals surface area contributed by atoms with Gasteiger partial charge in [-0.05, 0) is 94.1 Å². The maximum Gasteiger partial charge on any atom is 0.334 e. The van der Waals surface area contributed by atoms with Crippen molar-refractivity contribution in [3.63, 3.8) is 0 Å². The number of ether oxygens (including phenoxy) is 4. The lowest BCUT2D eigenvalue weighted by Gasteiger charge is -2.27. The highest BCUT2D eigenvalue weighted by Crippen LogP contribution is 2.45. The molecular weight excluding hydrogens is 1410 g/mol. The SMILES string of the molecule is [C-]#[N+]/C(=C\c1sc(/N=N/c2cc(OC)c(N(CC)CC)cc2Nc2nc(Nc3cc(N(CC)CC)c(OC)cc3/N=N/c3nc(N4CCOCC4)c(/C=C(\C#N)N4C(=O)c5ccc(S(=O)(=O)O)cc5C4=O)s3)nc(SCC)n2)nc1N1CCOCC1)N1C(=O)c2ccc(S(=O)(=O)O)cc2C1=O. The minimum atomic E-state index is -4.75. The van der Waals surface area contributed by atoms with Crippen molar-refractivity contribution in [3.8, 4) is 17.6 Å². The summed E-state index contributed by atoms with van der Waals surface area (Å²) in [6.07, 6.45) is 2.64. The van der Waals surface area contributed by atoms with E-state index in [2.05, 4.69) is 35.5 Å². The van der Waals surface area contributed by atoms with Gasteiger partial charge in [-0.15, -0.1) is 20.5 Å². The van der Waals surface area contributed by atoms with Crippen molar-refractivity contribution in [1.29, 1.82) is 5.26 Å². The predicted molar refractivity (Wildman–Crippen MR) is 376 cm³/mol. The summed E-state index contributed by atoms with van der Waals surface area (Å²) in [6.45, 7) is 23.3. The molecule has 7 heterocycles. The van der Waals surface area contributed by atoms with Crippen LogP contribution in [0.2, 0.25) is 0 Å². The Labute approximate surface area is 591 Å². The Bertz CT molecular complexity index is 4620. The van der Waals surface area contributed by atoms with Crippen molar-refractivity contribution in [2.75, 3.05) is 129 Å². The van der Waals surface area contributed by atoms with Gasteiger partial charge in [0.15, 0.2) is 5.16 Å². The normalized spacial score (nSPS) is 15.2.